The number of ether oxygens (including phenoxy) is 1. The average molecular weight is 425 g/mol. The first kappa shape index (κ1) is 26.1. The van der Waals surface area contributed by atoms with Crippen LogP contribution >= 0.6 is 0 Å². The molecule has 0 aliphatic heterocycles. The van der Waals surface area contributed by atoms with Crippen molar-refractivity contribution < 1.29 is 18.8 Å². The van der Waals surface area contributed by atoms with E-state index in [-0.39, 0.29) is 11.8 Å². The number of carbonyl (C=O) groups excluding carboxylic acids is 2. The predicted molar refractivity (Wildman–Crippen MR) is 122 cm³/mol. The summed E-state index contributed by atoms with van der Waals surface area (Å²) in [5.74, 6) is 1.14. The van der Waals surface area contributed by atoms with Gasteiger partial charge in [-0.1, -0.05) is 45.1 Å². The largest absolute Gasteiger partial charge is 0.469 e. The lowest BCUT2D eigenvalue weighted by molar-refractivity contribution is -0.140. The maximum atomic E-state index is 12.2. The van der Waals surface area contributed by atoms with E-state index in [0.717, 1.165) is 64.2 Å². The number of methoxy groups -OCH3 is 1. The monoisotopic (exact) mass is 424 g/mol. The highest BCUT2D eigenvalue weighted by Crippen LogP contribution is 2.39. The van der Waals surface area contributed by atoms with E-state index < -0.39 is 8.32 Å². The third-order valence-corrected chi connectivity index (χ3v) is 6.78. The molecule has 4 nitrogen and oxygen atoms in total. The predicted octanol–water partition coefficient (Wildman–Crippen LogP) is 6.45. The molecule has 5 heteroatoms. The summed E-state index contributed by atoms with van der Waals surface area (Å²) in [7, 11) is -0.132. The third-order valence-electron chi connectivity index (χ3n) is 5.77. The standard InChI is InChI=1S/C24H44O4Si/c1-6-7-10-13-21(25)18-16-20-17-19-23(28-29(3,4)5)22(20)14-11-8-9-12-15-24(26)27-2/h16,18,20,22-23H,6-15,17,19H2,1-5H3/t20-,22+,23?/m1/s1. The smallest absolute Gasteiger partial charge is 0.305 e. The van der Waals surface area contributed by atoms with Crippen molar-refractivity contribution in [1.29, 1.82) is 0 Å². The number of rotatable bonds is 15. The number of ketones is 1. The normalized spacial score (nSPS) is 22.3. The molecule has 168 valence electrons. The van der Waals surface area contributed by atoms with Crippen molar-refractivity contribution in [2.24, 2.45) is 11.8 Å². The summed E-state index contributed by atoms with van der Waals surface area (Å²) >= 11 is 0. The third kappa shape index (κ3) is 11.7. The second-order valence-corrected chi connectivity index (χ2v) is 13.9. The Morgan fingerprint density at radius 2 is 1.66 bits per heavy atom. The zero-order valence-electron chi connectivity index (χ0n) is 19.5. The van der Waals surface area contributed by atoms with Gasteiger partial charge in [0, 0.05) is 18.9 Å². The Kier molecular flexibility index (Phi) is 12.7. The lowest BCUT2D eigenvalue weighted by atomic mass is 9.88. The molecule has 0 N–H and O–H groups in total. The van der Waals surface area contributed by atoms with Gasteiger partial charge in [-0.05, 0) is 69.7 Å². The van der Waals surface area contributed by atoms with Gasteiger partial charge in [-0.25, -0.2) is 0 Å². The second-order valence-electron chi connectivity index (χ2n) is 9.49. The van der Waals surface area contributed by atoms with Gasteiger partial charge in [0.05, 0.1) is 7.11 Å². The fraction of sp³-hybridized carbons (Fsp3) is 0.833. The number of carbonyl (C=O) groups is 2. The molecule has 1 unspecified atom stereocenters. The summed E-state index contributed by atoms with van der Waals surface area (Å²) < 4.78 is 11.2. The minimum absolute atomic E-state index is 0.113. The van der Waals surface area contributed by atoms with Gasteiger partial charge < -0.3 is 9.16 Å². The van der Waals surface area contributed by atoms with Gasteiger partial charge >= 0.3 is 5.97 Å². The van der Waals surface area contributed by atoms with Crippen LogP contribution in [0, 0.1) is 11.8 Å². The van der Waals surface area contributed by atoms with Gasteiger partial charge in [-0.15, -0.1) is 0 Å². The summed E-state index contributed by atoms with van der Waals surface area (Å²) in [5, 5.41) is 0. The molecule has 0 saturated heterocycles. The molecule has 1 aliphatic carbocycles. The second kappa shape index (κ2) is 14.1. The first-order valence-corrected chi connectivity index (χ1v) is 15.1. The lowest BCUT2D eigenvalue weighted by Crippen LogP contribution is -2.35. The molecule has 1 saturated carbocycles. The molecule has 3 atom stereocenters. The molecule has 0 spiro atoms. The zero-order chi connectivity index (χ0) is 21.7. The molecule has 0 aromatic heterocycles. The van der Waals surface area contributed by atoms with E-state index in [1.54, 1.807) is 0 Å². The van der Waals surface area contributed by atoms with E-state index in [4.69, 9.17) is 9.16 Å². The van der Waals surface area contributed by atoms with Crippen molar-refractivity contribution in [1.82, 2.24) is 0 Å². The first-order valence-electron chi connectivity index (χ1n) is 11.7. The molecule has 0 amide bonds. The van der Waals surface area contributed by atoms with Crippen LogP contribution in [0.4, 0.5) is 0 Å². The van der Waals surface area contributed by atoms with Gasteiger partial charge in [0.25, 0.3) is 0 Å². The Balaban J connectivity index is 2.53. The van der Waals surface area contributed by atoms with Crippen molar-refractivity contribution in [2.45, 2.75) is 110 Å². The number of hydrogen-bond donors (Lipinski definition) is 0. The van der Waals surface area contributed by atoms with E-state index in [0.29, 0.717) is 30.8 Å². The van der Waals surface area contributed by atoms with Crippen molar-refractivity contribution in [3.63, 3.8) is 0 Å². The Labute approximate surface area is 179 Å². The highest BCUT2D eigenvalue weighted by atomic mass is 28.4. The van der Waals surface area contributed by atoms with E-state index >= 15 is 0 Å². The number of unbranched alkanes of at least 4 members (excludes halogenated alkanes) is 5. The fourth-order valence-corrected chi connectivity index (χ4v) is 5.47. The SMILES string of the molecule is CCCCCC(=O)C=C[C@@H]1CCC(O[Si](C)(C)C)[C@H]1CCCCCCC(=O)OC. The topological polar surface area (TPSA) is 52.6 Å². The summed E-state index contributed by atoms with van der Waals surface area (Å²) in [6.07, 6.45) is 16.5. The van der Waals surface area contributed by atoms with Gasteiger partial charge in [0.15, 0.2) is 14.1 Å². The maximum Gasteiger partial charge on any atom is 0.305 e. The summed E-state index contributed by atoms with van der Waals surface area (Å²) in [4.78, 5) is 23.4. The molecule has 0 aromatic rings. The molecular weight excluding hydrogens is 380 g/mol. The minimum Gasteiger partial charge on any atom is -0.469 e. The van der Waals surface area contributed by atoms with Gasteiger partial charge in [0.1, 0.15) is 0 Å². The molecule has 1 aliphatic rings. The Morgan fingerprint density at radius 3 is 2.31 bits per heavy atom. The summed E-state index contributed by atoms with van der Waals surface area (Å²) in [6.45, 7) is 8.95. The molecule has 0 bridgehead atoms. The number of esters is 1. The van der Waals surface area contributed by atoms with Crippen LogP contribution in [0.2, 0.25) is 19.6 Å². The van der Waals surface area contributed by atoms with Crippen LogP contribution in [0.1, 0.15) is 84.0 Å². The van der Waals surface area contributed by atoms with Crippen LogP contribution < -0.4 is 0 Å². The van der Waals surface area contributed by atoms with Crippen molar-refractivity contribution in [3.05, 3.63) is 12.2 Å². The molecule has 0 aromatic carbocycles. The average Bonchev–Trinajstić information content (AvgIpc) is 3.02. The van der Waals surface area contributed by atoms with Crippen molar-refractivity contribution in [2.75, 3.05) is 7.11 Å². The van der Waals surface area contributed by atoms with E-state index in [1.807, 2.05) is 6.08 Å². The minimum atomic E-state index is -1.58. The van der Waals surface area contributed by atoms with Gasteiger partial charge in [-0.2, -0.15) is 0 Å². The molecular formula is C24H44O4Si. The van der Waals surface area contributed by atoms with Crippen LogP contribution in [-0.4, -0.2) is 33.3 Å². The van der Waals surface area contributed by atoms with Crippen molar-refractivity contribution in [3.8, 4) is 0 Å². The zero-order valence-corrected chi connectivity index (χ0v) is 20.5. The molecule has 0 heterocycles. The van der Waals surface area contributed by atoms with Crippen LogP contribution in [-0.2, 0) is 18.8 Å². The first-order chi connectivity index (χ1) is 13.8. The Hall–Kier alpha value is -0.943. The number of allylic oxidation sites excluding steroid dienone is 2. The van der Waals surface area contributed by atoms with Crippen molar-refractivity contribution >= 4 is 20.1 Å². The fourth-order valence-electron chi connectivity index (χ4n) is 4.27. The van der Waals surface area contributed by atoms with Crippen LogP contribution in [0.15, 0.2) is 12.2 Å². The maximum absolute atomic E-state index is 12.2. The van der Waals surface area contributed by atoms with Crippen LogP contribution in [0.25, 0.3) is 0 Å². The highest BCUT2D eigenvalue weighted by molar-refractivity contribution is 6.69. The summed E-state index contributed by atoms with van der Waals surface area (Å²) in [6, 6.07) is 0. The van der Waals surface area contributed by atoms with Crippen LogP contribution in [0.5, 0.6) is 0 Å². The molecule has 0 radical (unpaired) electrons. The van der Waals surface area contributed by atoms with Crippen LogP contribution in [0.3, 0.4) is 0 Å². The van der Waals surface area contributed by atoms with E-state index in [1.165, 1.54) is 7.11 Å². The van der Waals surface area contributed by atoms with Gasteiger partial charge in [-0.3, -0.25) is 9.59 Å². The quantitative estimate of drug-likeness (QED) is 0.131. The summed E-state index contributed by atoms with van der Waals surface area (Å²) in [5.41, 5.74) is 0. The van der Waals surface area contributed by atoms with E-state index in [2.05, 4.69) is 32.6 Å². The Bertz CT molecular complexity index is 510. The molecule has 1 rings (SSSR count). The molecule has 29 heavy (non-hydrogen) atoms. The lowest BCUT2D eigenvalue weighted by Gasteiger charge is -2.29. The highest BCUT2D eigenvalue weighted by Gasteiger charge is 2.37. The molecule has 1 fully saturated rings. The van der Waals surface area contributed by atoms with E-state index in [9.17, 15) is 9.59 Å². The van der Waals surface area contributed by atoms with Gasteiger partial charge in [0.2, 0.25) is 0 Å². The number of hydrogen-bond acceptors (Lipinski definition) is 4. The Morgan fingerprint density at radius 1 is 0.966 bits per heavy atom.